The van der Waals surface area contributed by atoms with Gasteiger partial charge in [0, 0.05) is 37.6 Å². The topological polar surface area (TPSA) is 121 Å². The van der Waals surface area contributed by atoms with Crippen molar-refractivity contribution in [3.05, 3.63) is 62.9 Å². The van der Waals surface area contributed by atoms with Crippen LogP contribution in [0.15, 0.2) is 52.4 Å². The summed E-state index contributed by atoms with van der Waals surface area (Å²) in [5, 5.41) is 11.0. The fourth-order valence-corrected chi connectivity index (χ4v) is 4.37. The molecule has 0 aliphatic carbocycles. The lowest BCUT2D eigenvalue weighted by Crippen LogP contribution is -2.19. The molecule has 9 nitrogen and oxygen atoms in total. The minimum atomic E-state index is -3.36. The number of aromatic nitrogens is 1. The first kappa shape index (κ1) is 20.8. The molecule has 152 valence electrons. The number of nitro benzene ring substituents is 1. The number of benzene rings is 2. The molecule has 1 aromatic heterocycles. The maximum Gasteiger partial charge on any atom is 0.279 e. The Morgan fingerprint density at radius 2 is 1.93 bits per heavy atom. The first-order valence-corrected chi connectivity index (χ1v) is 11.1. The number of sulfone groups is 1. The number of carbonyl (C=O) groups is 1. The Morgan fingerprint density at radius 3 is 2.52 bits per heavy atom. The molecule has 0 saturated heterocycles. The number of thiazole rings is 1. The van der Waals surface area contributed by atoms with E-state index in [0.29, 0.717) is 28.2 Å². The molecule has 29 heavy (non-hydrogen) atoms. The van der Waals surface area contributed by atoms with E-state index in [1.807, 2.05) is 0 Å². The number of nitrogens with zero attached hydrogens (tertiary/aromatic N) is 3. The average Bonchev–Trinajstić information content (AvgIpc) is 3.01. The van der Waals surface area contributed by atoms with Crippen LogP contribution in [0.1, 0.15) is 10.4 Å². The van der Waals surface area contributed by atoms with Crippen LogP contribution in [-0.4, -0.2) is 43.8 Å². The summed E-state index contributed by atoms with van der Waals surface area (Å²) in [7, 11) is -1.82. The molecule has 3 aromatic rings. The molecule has 0 N–H and O–H groups in total. The summed E-state index contributed by atoms with van der Waals surface area (Å²) in [4.78, 5) is 27.8. The lowest BCUT2D eigenvalue weighted by molar-refractivity contribution is -0.384. The molecule has 0 spiro atoms. The van der Waals surface area contributed by atoms with Crippen molar-refractivity contribution >= 4 is 43.0 Å². The Balaban J connectivity index is 2.07. The minimum Gasteiger partial charge on any atom is -0.383 e. The Bertz CT molecular complexity index is 1260. The summed E-state index contributed by atoms with van der Waals surface area (Å²) < 4.78 is 30.6. The Hall–Kier alpha value is -2.89. The molecule has 0 atom stereocenters. The normalized spacial score (nSPS) is 12.4. The first-order valence-electron chi connectivity index (χ1n) is 8.36. The van der Waals surface area contributed by atoms with E-state index in [2.05, 4.69) is 4.99 Å². The Labute approximate surface area is 170 Å². The zero-order valence-electron chi connectivity index (χ0n) is 15.6. The van der Waals surface area contributed by atoms with Gasteiger partial charge in [0.1, 0.15) is 0 Å². The van der Waals surface area contributed by atoms with Crippen LogP contribution in [0.25, 0.3) is 10.2 Å². The standard InChI is InChI=1S/C18H17N3O6S2/c1-27-10-9-20-15-8-5-13(21(23)24)11-16(15)28-18(20)19-17(22)12-3-6-14(7-4-12)29(2,25)26/h3-8,11H,9-10H2,1-2H3. The lowest BCUT2D eigenvalue weighted by atomic mass is 10.2. The number of nitro groups is 1. The number of rotatable bonds is 6. The highest BCUT2D eigenvalue weighted by atomic mass is 32.2. The second-order valence-electron chi connectivity index (χ2n) is 6.15. The van der Waals surface area contributed by atoms with Crippen LogP contribution < -0.4 is 4.80 Å². The number of non-ortho nitro benzene ring substituents is 1. The number of ether oxygens (including phenoxy) is 1. The zero-order valence-corrected chi connectivity index (χ0v) is 17.2. The smallest absolute Gasteiger partial charge is 0.279 e. The molecule has 0 radical (unpaired) electrons. The van der Waals surface area contributed by atoms with Gasteiger partial charge in [-0.1, -0.05) is 11.3 Å². The van der Waals surface area contributed by atoms with Crippen molar-refractivity contribution in [2.75, 3.05) is 20.0 Å². The Kier molecular flexibility index (Phi) is 5.91. The number of amides is 1. The van der Waals surface area contributed by atoms with Gasteiger partial charge in [0.2, 0.25) is 0 Å². The van der Waals surface area contributed by atoms with Crippen molar-refractivity contribution in [3.8, 4) is 0 Å². The van der Waals surface area contributed by atoms with Crippen LogP contribution in [0.4, 0.5) is 5.69 Å². The van der Waals surface area contributed by atoms with Gasteiger partial charge in [-0.25, -0.2) is 8.42 Å². The second-order valence-corrected chi connectivity index (χ2v) is 9.18. The van der Waals surface area contributed by atoms with E-state index < -0.39 is 20.7 Å². The van der Waals surface area contributed by atoms with Gasteiger partial charge < -0.3 is 9.30 Å². The van der Waals surface area contributed by atoms with Crippen LogP contribution in [0.3, 0.4) is 0 Å². The maximum absolute atomic E-state index is 12.6. The molecule has 2 aromatic carbocycles. The SMILES string of the molecule is COCCn1c(=NC(=O)c2ccc(S(C)(=O)=O)cc2)sc2cc([N+](=O)[O-])ccc21. The third-order valence-corrected chi connectivity index (χ3v) is 6.29. The summed E-state index contributed by atoms with van der Waals surface area (Å²) in [5.74, 6) is -0.544. The summed E-state index contributed by atoms with van der Waals surface area (Å²) in [6, 6.07) is 9.96. The molecule has 0 bridgehead atoms. The largest absolute Gasteiger partial charge is 0.383 e. The van der Waals surface area contributed by atoms with Gasteiger partial charge in [-0.05, 0) is 30.3 Å². The van der Waals surface area contributed by atoms with Crippen molar-refractivity contribution in [2.24, 2.45) is 4.99 Å². The van der Waals surface area contributed by atoms with Crippen molar-refractivity contribution < 1.29 is 22.9 Å². The van der Waals surface area contributed by atoms with Gasteiger partial charge in [-0.15, -0.1) is 0 Å². The fraction of sp³-hybridized carbons (Fsp3) is 0.222. The number of carbonyl (C=O) groups excluding carboxylic acids is 1. The van der Waals surface area contributed by atoms with Gasteiger partial charge in [0.05, 0.1) is 26.6 Å². The van der Waals surface area contributed by atoms with E-state index >= 15 is 0 Å². The van der Waals surface area contributed by atoms with Crippen molar-refractivity contribution in [2.45, 2.75) is 11.4 Å². The number of methoxy groups -OCH3 is 1. The maximum atomic E-state index is 12.6. The lowest BCUT2D eigenvalue weighted by Gasteiger charge is -2.04. The van der Waals surface area contributed by atoms with Crippen molar-refractivity contribution in [1.82, 2.24) is 4.57 Å². The van der Waals surface area contributed by atoms with Crippen LogP contribution in [0.2, 0.25) is 0 Å². The number of hydrogen-bond donors (Lipinski definition) is 0. The molecule has 0 saturated carbocycles. The molecule has 0 aliphatic rings. The van der Waals surface area contributed by atoms with E-state index in [-0.39, 0.29) is 16.1 Å². The molecule has 3 rings (SSSR count). The molecule has 1 heterocycles. The van der Waals surface area contributed by atoms with Gasteiger partial charge in [-0.3, -0.25) is 14.9 Å². The quantitative estimate of drug-likeness (QED) is 0.433. The van der Waals surface area contributed by atoms with E-state index in [0.717, 1.165) is 17.6 Å². The highest BCUT2D eigenvalue weighted by molar-refractivity contribution is 7.90. The first-order chi connectivity index (χ1) is 13.7. The Morgan fingerprint density at radius 1 is 1.24 bits per heavy atom. The van der Waals surface area contributed by atoms with Crippen LogP contribution in [-0.2, 0) is 21.1 Å². The molecule has 11 heteroatoms. The number of fused-ring (bicyclic) bond motifs is 1. The third kappa shape index (κ3) is 4.58. The van der Waals surface area contributed by atoms with Crippen LogP contribution in [0.5, 0.6) is 0 Å². The van der Waals surface area contributed by atoms with Gasteiger partial charge in [0.25, 0.3) is 11.6 Å². The summed E-state index contributed by atoms with van der Waals surface area (Å²) >= 11 is 1.16. The van der Waals surface area contributed by atoms with Gasteiger partial charge in [-0.2, -0.15) is 4.99 Å². The van der Waals surface area contributed by atoms with Crippen LogP contribution in [0, 0.1) is 10.1 Å². The molecule has 0 unspecified atom stereocenters. The molecule has 0 aliphatic heterocycles. The molecule has 0 fully saturated rings. The average molecular weight is 435 g/mol. The van der Waals surface area contributed by atoms with E-state index in [9.17, 15) is 23.3 Å². The van der Waals surface area contributed by atoms with Crippen molar-refractivity contribution in [3.63, 3.8) is 0 Å². The predicted octanol–water partition coefficient (Wildman–Crippen LogP) is 2.40. The molecular formula is C18H17N3O6S2. The zero-order chi connectivity index (χ0) is 21.2. The minimum absolute atomic E-state index is 0.0492. The highest BCUT2D eigenvalue weighted by Gasteiger charge is 2.14. The summed E-state index contributed by atoms with van der Waals surface area (Å²) in [6.07, 6.45) is 1.09. The monoisotopic (exact) mass is 435 g/mol. The second kappa shape index (κ2) is 8.23. The molecule has 1 amide bonds. The van der Waals surface area contributed by atoms with E-state index in [1.165, 1.54) is 36.4 Å². The highest BCUT2D eigenvalue weighted by Crippen LogP contribution is 2.23. The molecular weight excluding hydrogens is 418 g/mol. The van der Waals surface area contributed by atoms with Gasteiger partial charge >= 0.3 is 0 Å². The predicted molar refractivity (Wildman–Crippen MR) is 108 cm³/mol. The fourth-order valence-electron chi connectivity index (χ4n) is 2.66. The number of hydrogen-bond acceptors (Lipinski definition) is 7. The van der Waals surface area contributed by atoms with Crippen LogP contribution >= 0.6 is 11.3 Å². The van der Waals surface area contributed by atoms with E-state index in [4.69, 9.17) is 4.74 Å². The summed E-state index contributed by atoms with van der Waals surface area (Å²) in [5.41, 5.74) is 0.891. The van der Waals surface area contributed by atoms with E-state index in [1.54, 1.807) is 17.7 Å². The third-order valence-electron chi connectivity index (χ3n) is 4.12. The van der Waals surface area contributed by atoms with Crippen molar-refractivity contribution in [1.29, 1.82) is 0 Å². The van der Waals surface area contributed by atoms with Gasteiger partial charge in [0.15, 0.2) is 14.6 Å². The summed E-state index contributed by atoms with van der Waals surface area (Å²) in [6.45, 7) is 0.778.